The third-order valence-electron chi connectivity index (χ3n) is 4.24. The first-order valence-corrected chi connectivity index (χ1v) is 8.06. The Morgan fingerprint density at radius 1 is 0.846 bits per heavy atom. The molecule has 1 aromatic heterocycles. The second kappa shape index (κ2) is 5.89. The molecule has 1 heterocycles. The molecule has 0 aliphatic carbocycles. The lowest BCUT2D eigenvalue weighted by Gasteiger charge is -2.06. The zero-order valence-electron chi connectivity index (χ0n) is 13.2. The van der Waals surface area contributed by atoms with Gasteiger partial charge in [-0.3, -0.25) is 0 Å². The highest BCUT2D eigenvalue weighted by molar-refractivity contribution is 6.31. The van der Waals surface area contributed by atoms with Crippen molar-refractivity contribution in [2.45, 2.75) is 0 Å². The standard InChI is InChI=1S/C20H11ClO5/c21-11-4-1-3-10(9-11)12-7-8-15(20(24)25)18-16(12)13-5-2-6-14(19(22)23)17(13)26-18/h1-9H,(H,22,23)(H,24,25). The van der Waals surface area contributed by atoms with Gasteiger partial charge in [0.1, 0.15) is 16.7 Å². The Morgan fingerprint density at radius 3 is 2.23 bits per heavy atom. The van der Waals surface area contributed by atoms with Crippen LogP contribution in [0.25, 0.3) is 33.1 Å². The van der Waals surface area contributed by atoms with Gasteiger partial charge in [-0.15, -0.1) is 0 Å². The Morgan fingerprint density at radius 2 is 1.54 bits per heavy atom. The van der Waals surface area contributed by atoms with Crippen molar-refractivity contribution < 1.29 is 24.2 Å². The molecular weight excluding hydrogens is 356 g/mol. The second-order valence-corrected chi connectivity index (χ2v) is 6.21. The van der Waals surface area contributed by atoms with Crippen LogP contribution in [-0.4, -0.2) is 22.2 Å². The number of carbonyl (C=O) groups is 2. The number of fused-ring (bicyclic) bond motifs is 3. The van der Waals surface area contributed by atoms with Gasteiger partial charge in [-0.2, -0.15) is 0 Å². The molecule has 0 fully saturated rings. The fourth-order valence-corrected chi connectivity index (χ4v) is 3.33. The maximum Gasteiger partial charge on any atom is 0.339 e. The molecule has 128 valence electrons. The molecular formula is C20H11ClO5. The number of aromatic carboxylic acids is 2. The SMILES string of the molecule is O=C(O)c1cccc2c1oc1c(C(=O)O)ccc(-c3cccc(Cl)c3)c12. The summed E-state index contributed by atoms with van der Waals surface area (Å²) in [5.74, 6) is -2.29. The van der Waals surface area contributed by atoms with Crippen molar-refractivity contribution in [1.29, 1.82) is 0 Å². The largest absolute Gasteiger partial charge is 0.478 e. The van der Waals surface area contributed by atoms with Gasteiger partial charge < -0.3 is 14.6 Å². The number of halogens is 1. The number of carboxylic acid groups (broad SMARTS) is 2. The van der Waals surface area contributed by atoms with E-state index in [1.807, 2.05) is 6.07 Å². The van der Waals surface area contributed by atoms with Crippen molar-refractivity contribution >= 4 is 45.5 Å². The number of para-hydroxylation sites is 1. The predicted octanol–water partition coefficient (Wildman–Crippen LogP) is 5.30. The maximum absolute atomic E-state index is 11.6. The van der Waals surface area contributed by atoms with Crippen LogP contribution in [0.1, 0.15) is 20.7 Å². The van der Waals surface area contributed by atoms with E-state index in [1.54, 1.807) is 36.4 Å². The van der Waals surface area contributed by atoms with Crippen LogP contribution in [0.5, 0.6) is 0 Å². The molecule has 0 atom stereocenters. The minimum absolute atomic E-state index is 0.0212. The van der Waals surface area contributed by atoms with Crippen molar-refractivity contribution in [2.75, 3.05) is 0 Å². The molecule has 5 nitrogen and oxygen atoms in total. The lowest BCUT2D eigenvalue weighted by atomic mass is 9.96. The van der Waals surface area contributed by atoms with Crippen molar-refractivity contribution in [1.82, 2.24) is 0 Å². The van der Waals surface area contributed by atoms with Crippen molar-refractivity contribution in [3.05, 3.63) is 70.7 Å². The zero-order valence-corrected chi connectivity index (χ0v) is 13.9. The first kappa shape index (κ1) is 16.2. The first-order valence-electron chi connectivity index (χ1n) is 7.68. The van der Waals surface area contributed by atoms with Crippen LogP contribution in [0.3, 0.4) is 0 Å². The molecule has 0 aliphatic rings. The second-order valence-electron chi connectivity index (χ2n) is 5.77. The van der Waals surface area contributed by atoms with Gasteiger partial charge >= 0.3 is 11.9 Å². The molecule has 0 amide bonds. The van der Waals surface area contributed by atoms with Gasteiger partial charge in [0.2, 0.25) is 0 Å². The molecule has 2 N–H and O–H groups in total. The molecule has 0 radical (unpaired) electrons. The molecule has 0 unspecified atom stereocenters. The summed E-state index contributed by atoms with van der Waals surface area (Å²) < 4.78 is 5.74. The van der Waals surface area contributed by atoms with E-state index < -0.39 is 11.9 Å². The Labute approximate surface area is 152 Å². The van der Waals surface area contributed by atoms with Gasteiger partial charge in [-0.05, 0) is 35.4 Å². The van der Waals surface area contributed by atoms with Crippen LogP contribution in [-0.2, 0) is 0 Å². The highest BCUT2D eigenvalue weighted by Gasteiger charge is 2.22. The summed E-state index contributed by atoms with van der Waals surface area (Å²) in [7, 11) is 0. The van der Waals surface area contributed by atoms with Crippen LogP contribution in [0, 0.1) is 0 Å². The number of furan rings is 1. The number of rotatable bonds is 3. The van der Waals surface area contributed by atoms with E-state index in [-0.39, 0.29) is 22.3 Å². The molecule has 6 heteroatoms. The van der Waals surface area contributed by atoms with Gasteiger partial charge in [0.25, 0.3) is 0 Å². The third-order valence-corrected chi connectivity index (χ3v) is 4.48. The normalized spacial score (nSPS) is 11.1. The van der Waals surface area contributed by atoms with Crippen molar-refractivity contribution in [2.24, 2.45) is 0 Å². The van der Waals surface area contributed by atoms with Crippen LogP contribution in [0.2, 0.25) is 5.02 Å². The molecule has 0 saturated heterocycles. The summed E-state index contributed by atoms with van der Waals surface area (Å²) in [5, 5.41) is 20.5. The van der Waals surface area contributed by atoms with Gasteiger partial charge in [0, 0.05) is 15.8 Å². The third kappa shape index (κ3) is 2.41. The fraction of sp³-hybridized carbons (Fsp3) is 0. The Kier molecular flexibility index (Phi) is 3.67. The van der Waals surface area contributed by atoms with Gasteiger partial charge in [-0.1, -0.05) is 41.9 Å². The summed E-state index contributed by atoms with van der Waals surface area (Å²) in [6, 6.07) is 15.0. The predicted molar refractivity (Wildman–Crippen MR) is 98.1 cm³/mol. The lowest BCUT2D eigenvalue weighted by Crippen LogP contribution is -1.96. The zero-order chi connectivity index (χ0) is 18.4. The Balaban J connectivity index is 2.20. The van der Waals surface area contributed by atoms with E-state index in [0.717, 1.165) is 5.56 Å². The van der Waals surface area contributed by atoms with Crippen molar-refractivity contribution in [3.63, 3.8) is 0 Å². The number of hydrogen-bond acceptors (Lipinski definition) is 3. The molecule has 3 aromatic carbocycles. The molecule has 0 saturated carbocycles. The minimum Gasteiger partial charge on any atom is -0.478 e. The van der Waals surface area contributed by atoms with E-state index >= 15 is 0 Å². The van der Waals surface area contributed by atoms with E-state index in [1.165, 1.54) is 12.1 Å². The van der Waals surface area contributed by atoms with Crippen molar-refractivity contribution in [3.8, 4) is 11.1 Å². The molecule has 0 bridgehead atoms. The van der Waals surface area contributed by atoms with Crippen LogP contribution in [0.4, 0.5) is 0 Å². The molecule has 0 spiro atoms. The monoisotopic (exact) mass is 366 g/mol. The first-order chi connectivity index (χ1) is 12.5. The lowest BCUT2D eigenvalue weighted by molar-refractivity contribution is 0.0688. The summed E-state index contributed by atoms with van der Waals surface area (Å²) in [6.07, 6.45) is 0. The van der Waals surface area contributed by atoms with Gasteiger partial charge in [0.05, 0.1) is 0 Å². The quantitative estimate of drug-likeness (QED) is 0.513. The average molecular weight is 367 g/mol. The Hall–Kier alpha value is -3.31. The maximum atomic E-state index is 11.6. The van der Waals surface area contributed by atoms with E-state index in [2.05, 4.69) is 0 Å². The summed E-state index contributed by atoms with van der Waals surface area (Å²) in [4.78, 5) is 23.1. The minimum atomic E-state index is -1.15. The van der Waals surface area contributed by atoms with Crippen LogP contribution >= 0.6 is 11.6 Å². The average Bonchev–Trinajstić information content (AvgIpc) is 3.00. The number of hydrogen-bond donors (Lipinski definition) is 2. The van der Waals surface area contributed by atoms with E-state index in [4.69, 9.17) is 16.0 Å². The van der Waals surface area contributed by atoms with Crippen LogP contribution in [0.15, 0.2) is 59.0 Å². The fourth-order valence-electron chi connectivity index (χ4n) is 3.14. The molecule has 0 aliphatic heterocycles. The number of carboxylic acids is 2. The summed E-state index contributed by atoms with van der Waals surface area (Å²) in [6.45, 7) is 0. The summed E-state index contributed by atoms with van der Waals surface area (Å²) in [5.41, 5.74) is 1.73. The van der Waals surface area contributed by atoms with Gasteiger partial charge in [-0.25, -0.2) is 9.59 Å². The smallest absolute Gasteiger partial charge is 0.339 e. The molecule has 4 rings (SSSR count). The summed E-state index contributed by atoms with van der Waals surface area (Å²) >= 11 is 6.09. The topological polar surface area (TPSA) is 87.7 Å². The van der Waals surface area contributed by atoms with Crippen LogP contribution < -0.4 is 0 Å². The molecule has 4 aromatic rings. The highest BCUT2D eigenvalue weighted by atomic mass is 35.5. The van der Waals surface area contributed by atoms with Gasteiger partial charge in [0.15, 0.2) is 5.58 Å². The van der Waals surface area contributed by atoms with E-state index in [0.29, 0.717) is 21.4 Å². The Bertz CT molecular complexity index is 1210. The number of benzene rings is 3. The highest BCUT2D eigenvalue weighted by Crippen LogP contribution is 2.40. The molecule has 26 heavy (non-hydrogen) atoms. The van der Waals surface area contributed by atoms with E-state index in [9.17, 15) is 19.8 Å².